The van der Waals surface area contributed by atoms with Gasteiger partial charge in [-0.05, 0) is 24.0 Å². The predicted octanol–water partition coefficient (Wildman–Crippen LogP) is 3.42. The van der Waals surface area contributed by atoms with E-state index in [-0.39, 0.29) is 0 Å². The SMILES string of the molecule is CCCc1ccccc1CCCl. The summed E-state index contributed by atoms with van der Waals surface area (Å²) in [7, 11) is 0. The first-order valence-corrected chi connectivity index (χ1v) is 5.04. The lowest BCUT2D eigenvalue weighted by Gasteiger charge is -2.05. The standard InChI is InChI=1S/C11H15Cl/c1-2-5-10-6-3-4-7-11(10)8-9-12/h3-4,6-7H,2,5,8-9H2,1H3. The molecular weight excluding hydrogens is 168 g/mol. The molecule has 0 aromatic heterocycles. The summed E-state index contributed by atoms with van der Waals surface area (Å²) >= 11 is 5.71. The van der Waals surface area contributed by atoms with Gasteiger partial charge in [-0.2, -0.15) is 0 Å². The smallest absolute Gasteiger partial charge is 0.0264 e. The average molecular weight is 183 g/mol. The number of halogens is 1. The number of hydrogen-bond donors (Lipinski definition) is 0. The second-order valence-electron chi connectivity index (χ2n) is 2.96. The summed E-state index contributed by atoms with van der Waals surface area (Å²) in [6, 6.07) is 8.56. The van der Waals surface area contributed by atoms with Crippen molar-refractivity contribution in [2.45, 2.75) is 26.2 Å². The van der Waals surface area contributed by atoms with Gasteiger partial charge in [0.1, 0.15) is 0 Å². The molecule has 0 unspecified atom stereocenters. The number of alkyl halides is 1. The highest BCUT2D eigenvalue weighted by Gasteiger charge is 1.98. The van der Waals surface area contributed by atoms with E-state index in [2.05, 4.69) is 31.2 Å². The summed E-state index contributed by atoms with van der Waals surface area (Å²) in [5.74, 6) is 0.723. The minimum atomic E-state index is 0.723. The number of aryl methyl sites for hydroxylation is 2. The average Bonchev–Trinajstić information content (AvgIpc) is 2.09. The van der Waals surface area contributed by atoms with E-state index in [0.717, 1.165) is 12.3 Å². The number of rotatable bonds is 4. The van der Waals surface area contributed by atoms with E-state index in [1.807, 2.05) is 0 Å². The van der Waals surface area contributed by atoms with Crippen molar-refractivity contribution in [1.82, 2.24) is 0 Å². The van der Waals surface area contributed by atoms with E-state index in [4.69, 9.17) is 11.6 Å². The van der Waals surface area contributed by atoms with Gasteiger partial charge >= 0.3 is 0 Å². The van der Waals surface area contributed by atoms with Crippen LogP contribution in [0.3, 0.4) is 0 Å². The minimum Gasteiger partial charge on any atom is -0.126 e. The zero-order chi connectivity index (χ0) is 8.81. The lowest BCUT2D eigenvalue weighted by molar-refractivity contribution is 0.900. The van der Waals surface area contributed by atoms with Gasteiger partial charge in [0.2, 0.25) is 0 Å². The van der Waals surface area contributed by atoms with Crippen LogP contribution in [0.15, 0.2) is 24.3 Å². The Balaban J connectivity index is 2.77. The minimum absolute atomic E-state index is 0.723. The lowest BCUT2D eigenvalue weighted by Crippen LogP contribution is -1.94. The Morgan fingerprint density at radius 1 is 1.08 bits per heavy atom. The molecule has 0 radical (unpaired) electrons. The van der Waals surface area contributed by atoms with Crippen LogP contribution in [0.2, 0.25) is 0 Å². The summed E-state index contributed by atoms with van der Waals surface area (Å²) in [6.07, 6.45) is 3.38. The highest BCUT2D eigenvalue weighted by molar-refractivity contribution is 6.18. The van der Waals surface area contributed by atoms with Crippen LogP contribution in [0.25, 0.3) is 0 Å². The first-order valence-electron chi connectivity index (χ1n) is 4.51. The summed E-state index contributed by atoms with van der Waals surface area (Å²) in [5.41, 5.74) is 2.87. The Kier molecular flexibility index (Phi) is 4.16. The molecule has 0 saturated carbocycles. The zero-order valence-electron chi connectivity index (χ0n) is 7.52. The molecule has 0 heterocycles. The summed E-state index contributed by atoms with van der Waals surface area (Å²) < 4.78 is 0. The fourth-order valence-electron chi connectivity index (χ4n) is 1.42. The Morgan fingerprint density at radius 2 is 1.67 bits per heavy atom. The molecule has 0 aliphatic rings. The summed E-state index contributed by atoms with van der Waals surface area (Å²) in [5, 5.41) is 0. The molecule has 0 atom stereocenters. The van der Waals surface area contributed by atoms with Gasteiger partial charge in [0.25, 0.3) is 0 Å². The van der Waals surface area contributed by atoms with E-state index in [0.29, 0.717) is 0 Å². The highest BCUT2D eigenvalue weighted by atomic mass is 35.5. The Hall–Kier alpha value is -0.490. The molecular formula is C11H15Cl. The quantitative estimate of drug-likeness (QED) is 0.626. The van der Waals surface area contributed by atoms with E-state index in [9.17, 15) is 0 Å². The van der Waals surface area contributed by atoms with Gasteiger partial charge in [0.15, 0.2) is 0 Å². The lowest BCUT2D eigenvalue weighted by atomic mass is 10.0. The third-order valence-corrected chi connectivity index (χ3v) is 2.19. The van der Waals surface area contributed by atoms with Crippen molar-refractivity contribution in [1.29, 1.82) is 0 Å². The van der Waals surface area contributed by atoms with Crippen LogP contribution in [-0.4, -0.2) is 5.88 Å². The van der Waals surface area contributed by atoms with Crippen molar-refractivity contribution >= 4 is 11.6 Å². The molecule has 1 rings (SSSR count). The molecule has 0 bridgehead atoms. The molecule has 12 heavy (non-hydrogen) atoms. The second-order valence-corrected chi connectivity index (χ2v) is 3.34. The Labute approximate surface area is 79.6 Å². The van der Waals surface area contributed by atoms with Gasteiger partial charge in [-0.15, -0.1) is 11.6 Å². The molecule has 0 aliphatic heterocycles. The van der Waals surface area contributed by atoms with Crippen molar-refractivity contribution in [3.05, 3.63) is 35.4 Å². The molecule has 0 N–H and O–H groups in total. The van der Waals surface area contributed by atoms with E-state index in [1.54, 1.807) is 0 Å². The van der Waals surface area contributed by atoms with Crippen molar-refractivity contribution in [2.24, 2.45) is 0 Å². The largest absolute Gasteiger partial charge is 0.126 e. The molecule has 1 heteroatoms. The van der Waals surface area contributed by atoms with E-state index < -0.39 is 0 Å². The first-order chi connectivity index (χ1) is 5.88. The van der Waals surface area contributed by atoms with E-state index >= 15 is 0 Å². The van der Waals surface area contributed by atoms with Gasteiger partial charge in [0.05, 0.1) is 0 Å². The maximum Gasteiger partial charge on any atom is 0.0264 e. The van der Waals surface area contributed by atoms with Crippen LogP contribution >= 0.6 is 11.6 Å². The number of benzene rings is 1. The van der Waals surface area contributed by atoms with Crippen LogP contribution < -0.4 is 0 Å². The first kappa shape index (κ1) is 9.60. The van der Waals surface area contributed by atoms with Crippen LogP contribution in [0.5, 0.6) is 0 Å². The summed E-state index contributed by atoms with van der Waals surface area (Å²) in [4.78, 5) is 0. The second kappa shape index (κ2) is 5.21. The normalized spacial score (nSPS) is 10.2. The molecule has 0 aliphatic carbocycles. The van der Waals surface area contributed by atoms with E-state index in [1.165, 1.54) is 24.0 Å². The zero-order valence-corrected chi connectivity index (χ0v) is 8.27. The van der Waals surface area contributed by atoms with Crippen molar-refractivity contribution in [2.75, 3.05) is 5.88 Å². The molecule has 0 amide bonds. The molecule has 0 fully saturated rings. The van der Waals surface area contributed by atoms with Gasteiger partial charge in [0, 0.05) is 5.88 Å². The van der Waals surface area contributed by atoms with Gasteiger partial charge in [-0.25, -0.2) is 0 Å². The topological polar surface area (TPSA) is 0 Å². The molecule has 1 aromatic rings. The van der Waals surface area contributed by atoms with Crippen molar-refractivity contribution < 1.29 is 0 Å². The predicted molar refractivity (Wildman–Crippen MR) is 54.9 cm³/mol. The third kappa shape index (κ3) is 2.53. The molecule has 1 aromatic carbocycles. The fraction of sp³-hybridized carbons (Fsp3) is 0.455. The molecule has 0 spiro atoms. The summed E-state index contributed by atoms with van der Waals surface area (Å²) in [6.45, 7) is 2.21. The maximum absolute atomic E-state index is 5.71. The number of hydrogen-bond acceptors (Lipinski definition) is 0. The Bertz CT molecular complexity index is 205. The van der Waals surface area contributed by atoms with Crippen LogP contribution in [0.1, 0.15) is 24.5 Å². The van der Waals surface area contributed by atoms with Crippen molar-refractivity contribution in [3.8, 4) is 0 Å². The van der Waals surface area contributed by atoms with Gasteiger partial charge in [-0.3, -0.25) is 0 Å². The third-order valence-electron chi connectivity index (χ3n) is 2.00. The van der Waals surface area contributed by atoms with Crippen LogP contribution in [-0.2, 0) is 12.8 Å². The molecule has 66 valence electrons. The maximum atomic E-state index is 5.71. The Morgan fingerprint density at radius 3 is 2.17 bits per heavy atom. The molecule has 0 saturated heterocycles. The monoisotopic (exact) mass is 182 g/mol. The highest BCUT2D eigenvalue weighted by Crippen LogP contribution is 2.11. The van der Waals surface area contributed by atoms with Gasteiger partial charge < -0.3 is 0 Å². The van der Waals surface area contributed by atoms with Crippen LogP contribution in [0.4, 0.5) is 0 Å². The van der Waals surface area contributed by atoms with Crippen molar-refractivity contribution in [3.63, 3.8) is 0 Å². The van der Waals surface area contributed by atoms with Gasteiger partial charge in [-0.1, -0.05) is 37.6 Å². The van der Waals surface area contributed by atoms with Crippen LogP contribution in [0, 0.1) is 0 Å². The molecule has 0 nitrogen and oxygen atoms in total. The fourth-order valence-corrected chi connectivity index (χ4v) is 1.62.